The number of anilines is 1. The summed E-state index contributed by atoms with van der Waals surface area (Å²) in [5.41, 5.74) is 0.306. The number of benzene rings is 1. The molecule has 6 heteroatoms. The number of hydrogen-bond donors (Lipinski definition) is 1. The number of hydrogen-bond acceptors (Lipinski definition) is 2. The molecule has 2 rings (SSSR count). The fraction of sp³-hybridized carbons (Fsp3) is 0.417. The maximum Gasteiger partial charge on any atom is 0.573 e. The van der Waals surface area contributed by atoms with Crippen molar-refractivity contribution in [1.82, 2.24) is 0 Å². The number of amides is 1. The predicted octanol–water partition coefficient (Wildman–Crippen LogP) is 3.18. The van der Waals surface area contributed by atoms with Gasteiger partial charge in [-0.1, -0.05) is 13.0 Å². The lowest BCUT2D eigenvalue weighted by molar-refractivity contribution is -0.274. The van der Waals surface area contributed by atoms with E-state index in [1.165, 1.54) is 18.2 Å². The number of carbonyl (C=O) groups excluding carboxylic acids is 1. The minimum atomic E-state index is -4.73. The summed E-state index contributed by atoms with van der Waals surface area (Å²) in [4.78, 5) is 11.6. The Labute approximate surface area is 102 Å². The Morgan fingerprint density at radius 2 is 2.11 bits per heavy atom. The molecule has 1 aromatic rings. The highest BCUT2D eigenvalue weighted by atomic mass is 19.4. The molecule has 0 aromatic heterocycles. The van der Waals surface area contributed by atoms with Crippen LogP contribution in [0.4, 0.5) is 18.9 Å². The Morgan fingerprint density at radius 3 is 2.67 bits per heavy atom. The molecule has 1 aliphatic carbocycles. The zero-order valence-corrected chi connectivity index (χ0v) is 9.62. The number of alkyl halides is 3. The SMILES string of the molecule is CC1CC1C(=O)Nc1cccc(OC(F)(F)F)c1. The van der Waals surface area contributed by atoms with E-state index in [0.29, 0.717) is 11.6 Å². The van der Waals surface area contributed by atoms with Crippen LogP contribution in [0.2, 0.25) is 0 Å². The van der Waals surface area contributed by atoms with Gasteiger partial charge in [0, 0.05) is 17.7 Å². The second kappa shape index (κ2) is 4.51. The van der Waals surface area contributed by atoms with Crippen molar-refractivity contribution in [2.24, 2.45) is 11.8 Å². The predicted molar refractivity (Wildman–Crippen MR) is 59.0 cm³/mol. The smallest absolute Gasteiger partial charge is 0.406 e. The first-order chi connectivity index (χ1) is 8.35. The van der Waals surface area contributed by atoms with E-state index >= 15 is 0 Å². The minimum Gasteiger partial charge on any atom is -0.406 e. The van der Waals surface area contributed by atoms with Gasteiger partial charge in [-0.05, 0) is 24.5 Å². The van der Waals surface area contributed by atoms with Crippen LogP contribution in [0.1, 0.15) is 13.3 Å². The van der Waals surface area contributed by atoms with Gasteiger partial charge in [-0.15, -0.1) is 13.2 Å². The van der Waals surface area contributed by atoms with Crippen LogP contribution in [0.25, 0.3) is 0 Å². The second-order valence-electron chi connectivity index (χ2n) is 4.38. The molecular weight excluding hydrogens is 247 g/mol. The third-order valence-electron chi connectivity index (χ3n) is 2.78. The van der Waals surface area contributed by atoms with Gasteiger partial charge in [0.15, 0.2) is 0 Å². The van der Waals surface area contributed by atoms with Gasteiger partial charge in [-0.3, -0.25) is 4.79 Å². The quantitative estimate of drug-likeness (QED) is 0.905. The van der Waals surface area contributed by atoms with Gasteiger partial charge in [0.25, 0.3) is 0 Å². The molecule has 3 nitrogen and oxygen atoms in total. The van der Waals surface area contributed by atoms with E-state index in [1.54, 1.807) is 0 Å². The van der Waals surface area contributed by atoms with Crippen molar-refractivity contribution in [1.29, 1.82) is 0 Å². The monoisotopic (exact) mass is 259 g/mol. The van der Waals surface area contributed by atoms with E-state index in [4.69, 9.17) is 0 Å². The number of ether oxygens (including phenoxy) is 1. The highest BCUT2D eigenvalue weighted by Gasteiger charge is 2.39. The molecule has 1 aliphatic rings. The van der Waals surface area contributed by atoms with Gasteiger partial charge in [-0.25, -0.2) is 0 Å². The third-order valence-corrected chi connectivity index (χ3v) is 2.78. The van der Waals surface area contributed by atoms with Crippen molar-refractivity contribution in [2.75, 3.05) is 5.32 Å². The normalized spacial score (nSPS) is 22.4. The van der Waals surface area contributed by atoms with Crippen LogP contribution in [0.3, 0.4) is 0 Å². The summed E-state index contributed by atoms with van der Waals surface area (Å²) in [6.45, 7) is 1.95. The van der Waals surface area contributed by atoms with E-state index in [2.05, 4.69) is 10.1 Å². The molecule has 1 fully saturated rings. The fourth-order valence-electron chi connectivity index (χ4n) is 1.69. The minimum absolute atomic E-state index is 0.0304. The third kappa shape index (κ3) is 3.38. The van der Waals surface area contributed by atoms with Gasteiger partial charge in [0.05, 0.1) is 0 Å². The lowest BCUT2D eigenvalue weighted by atomic mass is 10.2. The average molecular weight is 259 g/mol. The Hall–Kier alpha value is -1.72. The summed E-state index contributed by atoms with van der Waals surface area (Å²) >= 11 is 0. The molecule has 98 valence electrons. The average Bonchev–Trinajstić information content (AvgIpc) is 2.93. The summed E-state index contributed by atoms with van der Waals surface area (Å²) in [6.07, 6.45) is -3.90. The van der Waals surface area contributed by atoms with Crippen molar-refractivity contribution in [2.45, 2.75) is 19.7 Å². The summed E-state index contributed by atoms with van der Waals surface area (Å²) < 4.78 is 39.8. The first-order valence-corrected chi connectivity index (χ1v) is 5.52. The van der Waals surface area contributed by atoms with Crippen LogP contribution in [0.5, 0.6) is 5.75 Å². The Balaban J connectivity index is 2.01. The van der Waals surface area contributed by atoms with Crippen molar-refractivity contribution in [3.05, 3.63) is 24.3 Å². The Bertz CT molecular complexity index is 459. The molecule has 2 unspecified atom stereocenters. The molecule has 0 spiro atoms. The topological polar surface area (TPSA) is 38.3 Å². The first kappa shape index (κ1) is 12.7. The van der Waals surface area contributed by atoms with Crippen LogP contribution in [0, 0.1) is 11.8 Å². The molecular formula is C12H12F3NO2. The van der Waals surface area contributed by atoms with Crippen molar-refractivity contribution >= 4 is 11.6 Å². The van der Waals surface area contributed by atoms with Crippen molar-refractivity contribution in [3.8, 4) is 5.75 Å². The maximum absolute atomic E-state index is 12.0. The number of rotatable bonds is 3. The lowest BCUT2D eigenvalue weighted by Crippen LogP contribution is -2.18. The standard InChI is InChI=1S/C12H12F3NO2/c1-7-5-10(7)11(17)16-8-3-2-4-9(6-8)18-12(13,14)15/h2-4,6-7,10H,5H2,1H3,(H,16,17). The zero-order chi connectivity index (χ0) is 13.3. The Morgan fingerprint density at radius 1 is 1.44 bits per heavy atom. The molecule has 0 saturated heterocycles. The first-order valence-electron chi connectivity index (χ1n) is 5.52. The van der Waals surface area contributed by atoms with E-state index in [9.17, 15) is 18.0 Å². The van der Waals surface area contributed by atoms with Gasteiger partial charge in [0.1, 0.15) is 5.75 Å². The van der Waals surface area contributed by atoms with Crippen LogP contribution in [0.15, 0.2) is 24.3 Å². The second-order valence-corrected chi connectivity index (χ2v) is 4.38. The molecule has 1 N–H and O–H groups in total. The molecule has 0 radical (unpaired) electrons. The van der Waals surface area contributed by atoms with Crippen LogP contribution >= 0.6 is 0 Å². The zero-order valence-electron chi connectivity index (χ0n) is 9.62. The van der Waals surface area contributed by atoms with E-state index in [1.807, 2.05) is 6.92 Å². The summed E-state index contributed by atoms with van der Waals surface area (Å²) in [5, 5.41) is 2.57. The fourth-order valence-corrected chi connectivity index (χ4v) is 1.69. The van der Waals surface area contributed by atoms with E-state index in [0.717, 1.165) is 12.5 Å². The lowest BCUT2D eigenvalue weighted by Gasteiger charge is -2.10. The number of halogens is 3. The molecule has 0 heterocycles. The Kier molecular flexibility index (Phi) is 3.19. The van der Waals surface area contributed by atoms with Gasteiger partial charge in [0.2, 0.25) is 5.91 Å². The molecule has 1 amide bonds. The molecule has 2 atom stereocenters. The van der Waals surface area contributed by atoms with Crippen LogP contribution in [-0.4, -0.2) is 12.3 Å². The summed E-state index contributed by atoms with van der Waals surface area (Å²) in [6, 6.07) is 5.25. The highest BCUT2D eigenvalue weighted by Crippen LogP contribution is 2.38. The summed E-state index contributed by atoms with van der Waals surface area (Å²) in [5.74, 6) is -0.187. The van der Waals surface area contributed by atoms with E-state index < -0.39 is 6.36 Å². The van der Waals surface area contributed by atoms with Crippen molar-refractivity contribution < 1.29 is 22.7 Å². The number of carbonyl (C=O) groups is 1. The van der Waals surface area contributed by atoms with Crippen LogP contribution in [-0.2, 0) is 4.79 Å². The van der Waals surface area contributed by atoms with Gasteiger partial charge >= 0.3 is 6.36 Å². The molecule has 0 bridgehead atoms. The van der Waals surface area contributed by atoms with Gasteiger partial charge < -0.3 is 10.1 Å². The molecule has 18 heavy (non-hydrogen) atoms. The number of nitrogens with one attached hydrogen (secondary N) is 1. The van der Waals surface area contributed by atoms with Crippen LogP contribution < -0.4 is 10.1 Å². The van der Waals surface area contributed by atoms with E-state index in [-0.39, 0.29) is 17.6 Å². The molecule has 1 saturated carbocycles. The highest BCUT2D eigenvalue weighted by molar-refractivity contribution is 5.94. The summed E-state index contributed by atoms with van der Waals surface area (Å²) in [7, 11) is 0. The largest absolute Gasteiger partial charge is 0.573 e. The molecule has 1 aromatic carbocycles. The van der Waals surface area contributed by atoms with Gasteiger partial charge in [-0.2, -0.15) is 0 Å². The maximum atomic E-state index is 12.0. The molecule has 0 aliphatic heterocycles. The van der Waals surface area contributed by atoms with Crippen molar-refractivity contribution in [3.63, 3.8) is 0 Å².